The average Bonchev–Trinajstić information content (AvgIpc) is 2.83. The standard InChI is InChI=1S/C27H25NO5/c1-18-13-22-21(14-19-9-5-3-6-10-19)24(33-17-20-11-7-4-8-12-20)15-23(29)26(22)27(31)28(18)16-25(30)32-2/h3-13,15,29H,14,16-17H2,1-2H3. The molecule has 1 heterocycles. The molecular weight excluding hydrogens is 418 g/mol. The fraction of sp³-hybridized carbons (Fsp3) is 0.185. The first kappa shape index (κ1) is 22.1. The van der Waals surface area contributed by atoms with Crippen LogP contribution in [0.25, 0.3) is 10.8 Å². The van der Waals surface area contributed by atoms with Crippen LogP contribution in [-0.2, 0) is 29.1 Å². The van der Waals surface area contributed by atoms with Gasteiger partial charge in [0.05, 0.1) is 12.5 Å². The van der Waals surface area contributed by atoms with Crippen molar-refractivity contribution in [3.63, 3.8) is 0 Å². The lowest BCUT2D eigenvalue weighted by Crippen LogP contribution is -2.27. The summed E-state index contributed by atoms with van der Waals surface area (Å²) >= 11 is 0. The van der Waals surface area contributed by atoms with Crippen molar-refractivity contribution >= 4 is 16.7 Å². The van der Waals surface area contributed by atoms with Gasteiger partial charge in [-0.2, -0.15) is 0 Å². The predicted molar refractivity (Wildman–Crippen MR) is 127 cm³/mol. The highest BCUT2D eigenvalue weighted by atomic mass is 16.5. The first-order valence-electron chi connectivity index (χ1n) is 10.6. The van der Waals surface area contributed by atoms with E-state index in [1.165, 1.54) is 17.7 Å². The number of pyridine rings is 1. The number of ether oxygens (including phenoxy) is 2. The van der Waals surface area contributed by atoms with Crippen molar-refractivity contribution in [3.8, 4) is 11.5 Å². The molecule has 1 aromatic heterocycles. The number of aromatic hydroxyl groups is 1. The molecular formula is C27H25NO5. The quantitative estimate of drug-likeness (QED) is 0.430. The van der Waals surface area contributed by atoms with Crippen LogP contribution in [0.5, 0.6) is 11.5 Å². The van der Waals surface area contributed by atoms with Gasteiger partial charge in [0, 0.05) is 23.7 Å². The highest BCUT2D eigenvalue weighted by Gasteiger charge is 2.20. The maximum absolute atomic E-state index is 13.3. The zero-order chi connectivity index (χ0) is 23.4. The second-order valence-electron chi connectivity index (χ2n) is 7.85. The Balaban J connectivity index is 1.87. The number of fused-ring (bicyclic) bond motifs is 1. The molecule has 0 radical (unpaired) electrons. The summed E-state index contributed by atoms with van der Waals surface area (Å²) in [5, 5.41) is 11.6. The minimum Gasteiger partial charge on any atom is -0.507 e. The summed E-state index contributed by atoms with van der Waals surface area (Å²) in [6.07, 6.45) is 0.516. The fourth-order valence-electron chi connectivity index (χ4n) is 3.91. The van der Waals surface area contributed by atoms with Gasteiger partial charge in [0.2, 0.25) is 0 Å². The molecule has 0 spiro atoms. The van der Waals surface area contributed by atoms with E-state index in [1.54, 1.807) is 6.92 Å². The fourth-order valence-corrected chi connectivity index (χ4v) is 3.91. The topological polar surface area (TPSA) is 77.8 Å². The number of carbonyl (C=O) groups excluding carboxylic acids is 1. The molecule has 0 amide bonds. The molecule has 0 aliphatic carbocycles. The van der Waals surface area contributed by atoms with Crippen molar-refractivity contribution < 1.29 is 19.4 Å². The van der Waals surface area contributed by atoms with Crippen LogP contribution in [0.1, 0.15) is 22.4 Å². The largest absolute Gasteiger partial charge is 0.507 e. The molecule has 0 saturated heterocycles. The number of phenolic OH excluding ortho intramolecular Hbond substituents is 1. The van der Waals surface area contributed by atoms with E-state index in [-0.39, 0.29) is 17.7 Å². The third-order valence-corrected chi connectivity index (χ3v) is 5.63. The molecule has 0 bridgehead atoms. The number of nitrogens with zero attached hydrogens (tertiary/aromatic N) is 1. The number of hydrogen-bond donors (Lipinski definition) is 1. The van der Waals surface area contributed by atoms with Gasteiger partial charge in [0.25, 0.3) is 5.56 Å². The SMILES string of the molecule is COC(=O)Cn1c(C)cc2c(Cc3ccccc3)c(OCc3ccccc3)cc(O)c2c1=O. The third-order valence-electron chi connectivity index (χ3n) is 5.63. The van der Waals surface area contributed by atoms with E-state index in [1.807, 2.05) is 66.7 Å². The number of aromatic nitrogens is 1. The Morgan fingerprint density at radius 3 is 2.24 bits per heavy atom. The normalized spacial score (nSPS) is 10.8. The molecule has 0 aliphatic heterocycles. The molecule has 0 atom stereocenters. The molecule has 3 aromatic carbocycles. The number of aryl methyl sites for hydroxylation is 1. The van der Waals surface area contributed by atoms with Gasteiger partial charge in [-0.25, -0.2) is 0 Å². The average molecular weight is 443 g/mol. The van der Waals surface area contributed by atoms with E-state index in [0.717, 1.165) is 16.7 Å². The van der Waals surface area contributed by atoms with E-state index in [9.17, 15) is 14.7 Å². The molecule has 4 rings (SSSR count). The minimum absolute atomic E-state index is 0.155. The summed E-state index contributed by atoms with van der Waals surface area (Å²) in [5.74, 6) is -0.211. The molecule has 0 saturated carbocycles. The highest BCUT2D eigenvalue weighted by molar-refractivity contribution is 5.93. The number of rotatable bonds is 7. The molecule has 0 fully saturated rings. The number of esters is 1. The summed E-state index contributed by atoms with van der Waals surface area (Å²) in [6.45, 7) is 1.85. The molecule has 0 aliphatic rings. The van der Waals surface area contributed by atoms with Crippen molar-refractivity contribution in [1.82, 2.24) is 4.57 Å². The van der Waals surface area contributed by atoms with Gasteiger partial charge >= 0.3 is 5.97 Å². The molecule has 168 valence electrons. The second-order valence-corrected chi connectivity index (χ2v) is 7.85. The van der Waals surface area contributed by atoms with Crippen LogP contribution < -0.4 is 10.3 Å². The number of benzene rings is 3. The number of hydrogen-bond acceptors (Lipinski definition) is 5. The maximum Gasteiger partial charge on any atom is 0.325 e. The Kier molecular flexibility index (Phi) is 6.45. The van der Waals surface area contributed by atoms with Gasteiger partial charge in [-0.3, -0.25) is 9.59 Å². The van der Waals surface area contributed by atoms with E-state index in [0.29, 0.717) is 29.9 Å². The Bertz CT molecular complexity index is 1340. The van der Waals surface area contributed by atoms with Crippen LogP contribution in [0.3, 0.4) is 0 Å². The minimum atomic E-state index is -0.536. The molecule has 1 N–H and O–H groups in total. The Labute approximate surface area is 191 Å². The van der Waals surface area contributed by atoms with Crippen molar-refractivity contribution in [2.24, 2.45) is 0 Å². The van der Waals surface area contributed by atoms with Crippen molar-refractivity contribution in [2.45, 2.75) is 26.5 Å². The summed E-state index contributed by atoms with van der Waals surface area (Å²) < 4.78 is 12.2. The van der Waals surface area contributed by atoms with Gasteiger partial charge in [0.1, 0.15) is 24.7 Å². The van der Waals surface area contributed by atoms with Crippen molar-refractivity contribution in [1.29, 1.82) is 0 Å². The summed E-state index contributed by atoms with van der Waals surface area (Å²) in [4.78, 5) is 25.1. The third kappa shape index (κ3) is 4.75. The van der Waals surface area contributed by atoms with E-state index in [2.05, 4.69) is 0 Å². The summed E-state index contributed by atoms with van der Waals surface area (Å²) in [6, 6.07) is 22.9. The second kappa shape index (κ2) is 9.61. The lowest BCUT2D eigenvalue weighted by molar-refractivity contribution is -0.141. The first-order valence-corrected chi connectivity index (χ1v) is 10.6. The lowest BCUT2D eigenvalue weighted by atomic mass is 9.97. The predicted octanol–water partition coefficient (Wildman–Crippen LogP) is 4.36. The van der Waals surface area contributed by atoms with Gasteiger partial charge < -0.3 is 19.1 Å². The van der Waals surface area contributed by atoms with E-state index in [4.69, 9.17) is 9.47 Å². The summed E-state index contributed by atoms with van der Waals surface area (Å²) in [5.41, 5.74) is 2.98. The highest BCUT2D eigenvalue weighted by Crippen LogP contribution is 2.36. The summed E-state index contributed by atoms with van der Waals surface area (Å²) in [7, 11) is 1.27. The Morgan fingerprint density at radius 1 is 0.970 bits per heavy atom. The van der Waals surface area contributed by atoms with Crippen LogP contribution in [-0.4, -0.2) is 22.8 Å². The molecule has 33 heavy (non-hydrogen) atoms. The Hall–Kier alpha value is -4.06. The van der Waals surface area contributed by atoms with E-state index >= 15 is 0 Å². The van der Waals surface area contributed by atoms with Gasteiger partial charge in [-0.15, -0.1) is 0 Å². The zero-order valence-electron chi connectivity index (χ0n) is 18.6. The Morgan fingerprint density at radius 2 is 1.61 bits per heavy atom. The monoisotopic (exact) mass is 443 g/mol. The molecule has 0 unspecified atom stereocenters. The van der Waals surface area contributed by atoms with Gasteiger partial charge in [-0.1, -0.05) is 60.7 Å². The van der Waals surface area contributed by atoms with Gasteiger partial charge in [-0.05, 0) is 29.5 Å². The number of methoxy groups -OCH3 is 1. The first-order chi connectivity index (χ1) is 16.0. The molecule has 6 nitrogen and oxygen atoms in total. The molecule has 6 heteroatoms. The smallest absolute Gasteiger partial charge is 0.325 e. The van der Waals surface area contributed by atoms with E-state index < -0.39 is 11.5 Å². The number of carbonyl (C=O) groups is 1. The maximum atomic E-state index is 13.3. The van der Waals surface area contributed by atoms with Crippen LogP contribution in [0.15, 0.2) is 77.6 Å². The van der Waals surface area contributed by atoms with Crippen molar-refractivity contribution in [2.75, 3.05) is 7.11 Å². The van der Waals surface area contributed by atoms with Crippen LogP contribution in [0, 0.1) is 6.92 Å². The molecule has 4 aromatic rings. The van der Waals surface area contributed by atoms with Crippen LogP contribution in [0.4, 0.5) is 0 Å². The van der Waals surface area contributed by atoms with Crippen molar-refractivity contribution in [3.05, 3.63) is 106 Å². The zero-order valence-corrected chi connectivity index (χ0v) is 18.6. The van der Waals surface area contributed by atoms with Crippen LogP contribution in [0.2, 0.25) is 0 Å². The van der Waals surface area contributed by atoms with Crippen LogP contribution >= 0.6 is 0 Å². The van der Waals surface area contributed by atoms with Gasteiger partial charge in [0.15, 0.2) is 0 Å². The number of phenols is 1. The lowest BCUT2D eigenvalue weighted by Gasteiger charge is -2.18.